The predicted octanol–water partition coefficient (Wildman–Crippen LogP) is 1.99. The Morgan fingerprint density at radius 2 is 1.94 bits per heavy atom. The van der Waals surface area contributed by atoms with Crippen LogP contribution in [0.3, 0.4) is 0 Å². The summed E-state index contributed by atoms with van der Waals surface area (Å²) in [7, 11) is -2.39. The van der Waals surface area contributed by atoms with Gasteiger partial charge >= 0.3 is 0 Å². The van der Waals surface area contributed by atoms with Gasteiger partial charge in [0.05, 0.1) is 0 Å². The van der Waals surface area contributed by atoms with Crippen LogP contribution >= 0.6 is 0 Å². The molecule has 0 aliphatic rings. The van der Waals surface area contributed by atoms with Crippen LogP contribution in [0.4, 0.5) is 10.1 Å². The summed E-state index contributed by atoms with van der Waals surface area (Å²) in [5.74, 6) is -0.574. The number of hydrogen-bond acceptors (Lipinski definition) is 3. The van der Waals surface area contributed by atoms with Crippen LogP contribution in [0.15, 0.2) is 17.0 Å². The second kappa shape index (κ2) is 5.24. The molecule has 1 rings (SSSR count). The molecule has 0 atom stereocenters. The highest BCUT2D eigenvalue weighted by Gasteiger charge is 2.26. The van der Waals surface area contributed by atoms with Gasteiger partial charge in [-0.2, -0.15) is 0 Å². The number of hydrogen-bond donors (Lipinski definition) is 1. The van der Waals surface area contributed by atoms with Gasteiger partial charge in [0.2, 0.25) is 10.0 Å². The first kappa shape index (κ1) is 14.9. The number of halogens is 1. The molecule has 4 nitrogen and oxygen atoms in total. The topological polar surface area (TPSA) is 63.4 Å². The van der Waals surface area contributed by atoms with Crippen LogP contribution in [0.2, 0.25) is 0 Å². The fourth-order valence-electron chi connectivity index (χ4n) is 1.73. The van der Waals surface area contributed by atoms with E-state index in [1.807, 2.05) is 13.8 Å². The van der Waals surface area contributed by atoms with Crippen molar-refractivity contribution in [2.75, 3.05) is 19.3 Å². The first-order chi connectivity index (χ1) is 8.16. The molecule has 0 aliphatic carbocycles. The Morgan fingerprint density at radius 3 is 2.44 bits per heavy atom. The second-order valence-corrected chi connectivity index (χ2v) is 6.84. The summed E-state index contributed by atoms with van der Waals surface area (Å²) in [6, 6.07) is 2.57. The maximum Gasteiger partial charge on any atom is 0.245 e. The summed E-state index contributed by atoms with van der Waals surface area (Å²) < 4.78 is 39.5. The van der Waals surface area contributed by atoms with Crippen molar-refractivity contribution < 1.29 is 12.8 Å². The first-order valence-corrected chi connectivity index (χ1v) is 7.12. The molecule has 6 heteroatoms. The summed E-state index contributed by atoms with van der Waals surface area (Å²) in [6.45, 7) is 5.61. The van der Waals surface area contributed by atoms with Gasteiger partial charge in [-0.05, 0) is 30.5 Å². The molecule has 0 aromatic heterocycles. The lowest BCUT2D eigenvalue weighted by Gasteiger charge is -2.20. The predicted molar refractivity (Wildman–Crippen MR) is 70.2 cm³/mol. The lowest BCUT2D eigenvalue weighted by molar-refractivity contribution is 0.413. The van der Waals surface area contributed by atoms with Crippen LogP contribution in [0.1, 0.15) is 19.4 Å². The first-order valence-electron chi connectivity index (χ1n) is 5.68. The third-order valence-corrected chi connectivity index (χ3v) is 4.38. The number of nitrogens with zero attached hydrogens (tertiary/aromatic N) is 1. The van der Waals surface area contributed by atoms with Crippen molar-refractivity contribution in [2.45, 2.75) is 25.7 Å². The van der Waals surface area contributed by atoms with E-state index in [1.165, 1.54) is 20.0 Å². The summed E-state index contributed by atoms with van der Waals surface area (Å²) >= 11 is 0. The minimum Gasteiger partial charge on any atom is -0.399 e. The van der Waals surface area contributed by atoms with E-state index in [2.05, 4.69) is 0 Å². The van der Waals surface area contributed by atoms with E-state index < -0.39 is 15.8 Å². The molecule has 18 heavy (non-hydrogen) atoms. The van der Waals surface area contributed by atoms with Crippen molar-refractivity contribution in [2.24, 2.45) is 5.92 Å². The molecule has 102 valence electrons. The molecule has 0 bridgehead atoms. The van der Waals surface area contributed by atoms with Crippen molar-refractivity contribution in [3.8, 4) is 0 Å². The van der Waals surface area contributed by atoms with Gasteiger partial charge in [0.25, 0.3) is 0 Å². The van der Waals surface area contributed by atoms with E-state index in [9.17, 15) is 12.8 Å². The van der Waals surface area contributed by atoms with Gasteiger partial charge in [-0.25, -0.2) is 17.1 Å². The number of aryl methyl sites for hydroxylation is 1. The zero-order chi connectivity index (χ0) is 14.1. The monoisotopic (exact) mass is 274 g/mol. The summed E-state index contributed by atoms with van der Waals surface area (Å²) in [5.41, 5.74) is 6.05. The van der Waals surface area contributed by atoms with Gasteiger partial charge in [0, 0.05) is 19.3 Å². The number of anilines is 1. The normalized spacial score (nSPS) is 12.4. The van der Waals surface area contributed by atoms with Gasteiger partial charge in [-0.1, -0.05) is 13.8 Å². The number of sulfonamides is 1. The molecule has 0 aliphatic heterocycles. The third-order valence-electron chi connectivity index (χ3n) is 2.55. The highest BCUT2D eigenvalue weighted by Crippen LogP contribution is 2.24. The fourth-order valence-corrected chi connectivity index (χ4v) is 3.23. The Morgan fingerprint density at radius 1 is 1.39 bits per heavy atom. The summed E-state index contributed by atoms with van der Waals surface area (Å²) in [6.07, 6.45) is 0. The molecule has 0 spiro atoms. The van der Waals surface area contributed by atoms with Crippen molar-refractivity contribution in [3.05, 3.63) is 23.5 Å². The number of rotatable bonds is 4. The summed E-state index contributed by atoms with van der Waals surface area (Å²) in [5, 5.41) is 0. The largest absolute Gasteiger partial charge is 0.399 e. The van der Waals surface area contributed by atoms with E-state index in [0.29, 0.717) is 6.54 Å². The minimum absolute atomic E-state index is 0.162. The van der Waals surface area contributed by atoms with E-state index in [-0.39, 0.29) is 22.1 Å². The standard InChI is InChI=1S/C12H19FN2O2S/c1-8(2)7-15(4)18(16,17)11-6-10(14)5-9(3)12(11)13/h5-6,8H,7,14H2,1-4H3. The Hall–Kier alpha value is -1.14. The maximum absolute atomic E-state index is 13.9. The Kier molecular flexibility index (Phi) is 4.34. The highest BCUT2D eigenvalue weighted by atomic mass is 32.2. The average Bonchev–Trinajstić information content (AvgIpc) is 2.22. The van der Waals surface area contributed by atoms with E-state index in [1.54, 1.807) is 0 Å². The molecule has 0 unspecified atom stereocenters. The summed E-state index contributed by atoms with van der Waals surface area (Å²) in [4.78, 5) is -0.358. The smallest absolute Gasteiger partial charge is 0.245 e. The van der Waals surface area contributed by atoms with E-state index in [0.717, 1.165) is 10.4 Å². The molecule has 0 fully saturated rings. The van der Waals surface area contributed by atoms with Crippen LogP contribution in [0.5, 0.6) is 0 Å². The zero-order valence-corrected chi connectivity index (χ0v) is 11.9. The van der Waals surface area contributed by atoms with Gasteiger partial charge in [0.1, 0.15) is 10.7 Å². The lowest BCUT2D eigenvalue weighted by Crippen LogP contribution is -2.31. The molecule has 0 amide bonds. The fraction of sp³-hybridized carbons (Fsp3) is 0.500. The van der Waals surface area contributed by atoms with Crippen LogP contribution < -0.4 is 5.73 Å². The molecule has 1 aromatic rings. The maximum atomic E-state index is 13.9. The van der Waals surface area contributed by atoms with Crippen molar-refractivity contribution in [1.82, 2.24) is 4.31 Å². The molecular weight excluding hydrogens is 255 g/mol. The van der Waals surface area contributed by atoms with E-state index >= 15 is 0 Å². The quantitative estimate of drug-likeness (QED) is 0.854. The molecule has 0 radical (unpaired) electrons. The molecule has 0 saturated carbocycles. The number of benzene rings is 1. The van der Waals surface area contributed by atoms with Crippen LogP contribution in [0, 0.1) is 18.7 Å². The second-order valence-electron chi connectivity index (χ2n) is 4.83. The van der Waals surface area contributed by atoms with Gasteiger partial charge in [-0.15, -0.1) is 0 Å². The molecule has 2 N–H and O–H groups in total. The Balaban J connectivity index is 3.29. The number of nitrogens with two attached hydrogens (primary N) is 1. The van der Waals surface area contributed by atoms with E-state index in [4.69, 9.17) is 5.73 Å². The zero-order valence-electron chi connectivity index (χ0n) is 11.1. The lowest BCUT2D eigenvalue weighted by atomic mass is 10.2. The van der Waals surface area contributed by atoms with Crippen molar-refractivity contribution in [3.63, 3.8) is 0 Å². The van der Waals surface area contributed by atoms with Crippen LogP contribution in [-0.2, 0) is 10.0 Å². The van der Waals surface area contributed by atoms with Crippen LogP contribution in [0.25, 0.3) is 0 Å². The Bertz CT molecular complexity index is 541. The molecule has 0 heterocycles. The highest BCUT2D eigenvalue weighted by molar-refractivity contribution is 7.89. The molecule has 1 aromatic carbocycles. The van der Waals surface area contributed by atoms with Gasteiger partial charge < -0.3 is 5.73 Å². The molecular formula is C12H19FN2O2S. The van der Waals surface area contributed by atoms with Crippen molar-refractivity contribution in [1.29, 1.82) is 0 Å². The van der Waals surface area contributed by atoms with Gasteiger partial charge in [0.15, 0.2) is 0 Å². The van der Waals surface area contributed by atoms with Crippen LogP contribution in [-0.4, -0.2) is 26.3 Å². The number of nitrogen functional groups attached to an aromatic ring is 1. The van der Waals surface area contributed by atoms with Crippen molar-refractivity contribution >= 4 is 15.7 Å². The van der Waals surface area contributed by atoms with Gasteiger partial charge in [-0.3, -0.25) is 0 Å². The molecule has 0 saturated heterocycles. The third kappa shape index (κ3) is 3.00. The Labute approximate surface area is 108 Å². The minimum atomic E-state index is -3.83. The average molecular weight is 274 g/mol. The SMILES string of the molecule is Cc1cc(N)cc(S(=O)(=O)N(C)CC(C)C)c1F.